The van der Waals surface area contributed by atoms with Crippen LogP contribution in [0.5, 0.6) is 0 Å². The van der Waals surface area contributed by atoms with Crippen molar-refractivity contribution in [3.05, 3.63) is 5.82 Å². The number of carboxylic acid groups (broad SMARTS) is 1. The summed E-state index contributed by atoms with van der Waals surface area (Å²) >= 11 is 0. The van der Waals surface area contributed by atoms with E-state index >= 15 is 0 Å². The fraction of sp³-hybridized carbons (Fsp3) is 0.667. The predicted molar refractivity (Wildman–Crippen MR) is 69.5 cm³/mol. The highest BCUT2D eigenvalue weighted by atomic mass is 16.7. The predicted octanol–water partition coefficient (Wildman–Crippen LogP) is -0.807. The molecule has 2 heterocycles. The van der Waals surface area contributed by atoms with Crippen molar-refractivity contribution >= 4 is 17.9 Å². The van der Waals surface area contributed by atoms with E-state index in [-0.39, 0.29) is 5.82 Å². The topological polar surface area (TPSA) is 143 Å². The number of tetrazole rings is 1. The third kappa shape index (κ3) is 4.00. The van der Waals surface area contributed by atoms with Crippen molar-refractivity contribution in [1.82, 2.24) is 20.2 Å². The number of aromatic nitrogens is 4. The molecule has 1 aromatic rings. The summed E-state index contributed by atoms with van der Waals surface area (Å²) < 4.78 is 15.6. The van der Waals surface area contributed by atoms with Gasteiger partial charge >= 0.3 is 17.9 Å². The number of nitrogens with zero attached hydrogens (tertiary/aromatic N) is 4. The fourth-order valence-electron chi connectivity index (χ4n) is 2.38. The first-order valence-electron chi connectivity index (χ1n) is 6.73. The average Bonchev–Trinajstić information content (AvgIpc) is 2.95. The largest absolute Gasteiger partial charge is 0.481 e. The molecule has 2 rings (SSSR count). The van der Waals surface area contributed by atoms with Gasteiger partial charge in [-0.25, -0.2) is 0 Å². The van der Waals surface area contributed by atoms with Crippen molar-refractivity contribution in [3.8, 4) is 0 Å². The molecule has 0 saturated carbocycles. The van der Waals surface area contributed by atoms with E-state index in [0.717, 1.165) is 13.8 Å². The lowest BCUT2D eigenvalue weighted by Gasteiger charge is -2.21. The second kappa shape index (κ2) is 6.69. The van der Waals surface area contributed by atoms with E-state index in [9.17, 15) is 14.4 Å². The molecule has 0 aliphatic carbocycles. The van der Waals surface area contributed by atoms with Gasteiger partial charge in [0.05, 0.1) is 13.5 Å². The lowest BCUT2D eigenvalue weighted by atomic mass is 9.94. The number of aryl methyl sites for hydroxylation is 1. The molecule has 11 nitrogen and oxygen atoms in total. The highest BCUT2D eigenvalue weighted by molar-refractivity contribution is 5.69. The van der Waals surface area contributed by atoms with E-state index < -0.39 is 48.7 Å². The van der Waals surface area contributed by atoms with Crippen LogP contribution >= 0.6 is 0 Å². The summed E-state index contributed by atoms with van der Waals surface area (Å²) in [6.45, 7) is 2.32. The first-order valence-corrected chi connectivity index (χ1v) is 6.73. The lowest BCUT2D eigenvalue weighted by Crippen LogP contribution is -2.35. The summed E-state index contributed by atoms with van der Waals surface area (Å²) in [6.07, 6.45) is -3.65. The number of carbonyl (C=O) groups excluding carboxylic acids is 2. The maximum Gasteiger partial charge on any atom is 0.305 e. The highest BCUT2D eigenvalue weighted by Gasteiger charge is 2.51. The second-order valence-corrected chi connectivity index (χ2v) is 5.01. The Labute approximate surface area is 130 Å². The van der Waals surface area contributed by atoms with Crippen LogP contribution in [-0.4, -0.2) is 55.6 Å². The standard InChI is InChI=1S/C12H16N4O7/c1-5(17)21-10-7(4-8(19)20)9(11-13-15-16(3)14-11)23-12(10)22-6(2)18/h7,9-10,12H,4H2,1-3H3,(H,19,20)/t7-,9-,10-,12-/m1/s1. The van der Waals surface area contributed by atoms with Gasteiger partial charge in [0.15, 0.2) is 6.10 Å². The van der Waals surface area contributed by atoms with Crippen LogP contribution < -0.4 is 0 Å². The third-order valence-corrected chi connectivity index (χ3v) is 3.13. The molecular formula is C12H16N4O7. The van der Waals surface area contributed by atoms with Gasteiger partial charge in [0.25, 0.3) is 0 Å². The number of carbonyl (C=O) groups is 3. The quantitative estimate of drug-likeness (QED) is 0.682. The Bertz CT molecular complexity index is 616. The number of rotatable bonds is 5. The number of esters is 2. The molecule has 0 bridgehead atoms. The molecule has 0 radical (unpaired) electrons. The van der Waals surface area contributed by atoms with E-state index in [2.05, 4.69) is 15.4 Å². The fourth-order valence-corrected chi connectivity index (χ4v) is 2.38. The summed E-state index contributed by atoms with van der Waals surface area (Å²) in [5, 5.41) is 20.5. The number of aliphatic carboxylic acids is 1. The molecule has 23 heavy (non-hydrogen) atoms. The van der Waals surface area contributed by atoms with Crippen LogP contribution in [0.1, 0.15) is 32.2 Å². The Morgan fingerprint density at radius 1 is 1.26 bits per heavy atom. The molecule has 1 aliphatic heterocycles. The Hall–Kier alpha value is -2.56. The van der Waals surface area contributed by atoms with Crippen molar-refractivity contribution in [2.24, 2.45) is 13.0 Å². The number of hydrogen-bond donors (Lipinski definition) is 1. The lowest BCUT2D eigenvalue weighted by molar-refractivity contribution is -0.195. The smallest absolute Gasteiger partial charge is 0.305 e. The van der Waals surface area contributed by atoms with Crippen LogP contribution in [0.15, 0.2) is 0 Å². The Balaban J connectivity index is 2.33. The minimum absolute atomic E-state index is 0.116. The molecule has 0 amide bonds. The summed E-state index contributed by atoms with van der Waals surface area (Å²) in [7, 11) is 1.53. The van der Waals surface area contributed by atoms with Gasteiger partial charge in [0, 0.05) is 19.8 Å². The zero-order valence-electron chi connectivity index (χ0n) is 12.7. The Kier molecular flexibility index (Phi) is 4.89. The zero-order valence-corrected chi connectivity index (χ0v) is 12.7. The molecular weight excluding hydrogens is 312 g/mol. The molecule has 1 saturated heterocycles. The van der Waals surface area contributed by atoms with Crippen LogP contribution in [0.4, 0.5) is 0 Å². The zero-order chi connectivity index (χ0) is 17.1. The molecule has 0 spiro atoms. The van der Waals surface area contributed by atoms with Gasteiger partial charge in [0.2, 0.25) is 12.1 Å². The highest BCUT2D eigenvalue weighted by Crippen LogP contribution is 2.41. The van der Waals surface area contributed by atoms with Crippen LogP contribution in [0.2, 0.25) is 0 Å². The maximum atomic E-state index is 11.3. The van der Waals surface area contributed by atoms with Crippen molar-refractivity contribution in [2.45, 2.75) is 38.8 Å². The van der Waals surface area contributed by atoms with Gasteiger partial charge in [-0.3, -0.25) is 14.4 Å². The molecule has 1 aromatic heterocycles. The summed E-state index contributed by atoms with van der Waals surface area (Å²) in [4.78, 5) is 34.8. The Morgan fingerprint density at radius 2 is 1.91 bits per heavy atom. The molecule has 4 atom stereocenters. The Morgan fingerprint density at radius 3 is 2.39 bits per heavy atom. The number of hydrogen-bond acceptors (Lipinski definition) is 9. The molecule has 1 aliphatic rings. The minimum Gasteiger partial charge on any atom is -0.481 e. The van der Waals surface area contributed by atoms with Crippen LogP contribution in [0.3, 0.4) is 0 Å². The van der Waals surface area contributed by atoms with Crippen molar-refractivity contribution in [3.63, 3.8) is 0 Å². The van der Waals surface area contributed by atoms with Gasteiger partial charge in [-0.2, -0.15) is 4.80 Å². The van der Waals surface area contributed by atoms with Crippen LogP contribution in [0, 0.1) is 5.92 Å². The van der Waals surface area contributed by atoms with E-state index in [4.69, 9.17) is 19.3 Å². The van der Waals surface area contributed by atoms with E-state index in [1.54, 1.807) is 0 Å². The molecule has 0 unspecified atom stereocenters. The summed E-state index contributed by atoms with van der Waals surface area (Å²) in [5.41, 5.74) is 0. The van der Waals surface area contributed by atoms with Gasteiger partial charge in [-0.1, -0.05) is 0 Å². The van der Waals surface area contributed by atoms with Gasteiger partial charge < -0.3 is 19.3 Å². The summed E-state index contributed by atoms with van der Waals surface area (Å²) in [6, 6.07) is 0. The van der Waals surface area contributed by atoms with E-state index in [1.165, 1.54) is 11.8 Å². The average molecular weight is 328 g/mol. The second-order valence-electron chi connectivity index (χ2n) is 5.01. The van der Waals surface area contributed by atoms with E-state index in [1.807, 2.05) is 0 Å². The van der Waals surface area contributed by atoms with Crippen LogP contribution in [0.25, 0.3) is 0 Å². The first kappa shape index (κ1) is 16.8. The molecule has 126 valence electrons. The normalized spacial score (nSPS) is 26.7. The first-order chi connectivity index (χ1) is 10.8. The SMILES string of the molecule is CC(=O)O[C@@H]1O[C@@H](c2nnn(C)n2)[C@@H](CC(=O)O)[C@H]1OC(C)=O. The molecule has 11 heteroatoms. The third-order valence-electron chi connectivity index (χ3n) is 3.13. The monoisotopic (exact) mass is 328 g/mol. The minimum atomic E-state index is -1.24. The molecule has 1 N–H and O–H groups in total. The van der Waals surface area contributed by atoms with Crippen LogP contribution in [-0.2, 0) is 35.6 Å². The summed E-state index contributed by atoms with van der Waals surface area (Å²) in [5.74, 6) is -3.16. The molecule has 0 aromatic carbocycles. The van der Waals surface area contributed by atoms with Gasteiger partial charge in [-0.05, 0) is 5.21 Å². The molecule has 1 fully saturated rings. The van der Waals surface area contributed by atoms with Crippen molar-refractivity contribution in [1.29, 1.82) is 0 Å². The van der Waals surface area contributed by atoms with Crippen molar-refractivity contribution in [2.75, 3.05) is 0 Å². The number of carboxylic acids is 1. The van der Waals surface area contributed by atoms with Gasteiger partial charge in [-0.15, -0.1) is 10.2 Å². The number of ether oxygens (including phenoxy) is 3. The van der Waals surface area contributed by atoms with Gasteiger partial charge in [0.1, 0.15) is 6.10 Å². The van der Waals surface area contributed by atoms with E-state index in [0.29, 0.717) is 0 Å². The maximum absolute atomic E-state index is 11.3. The van der Waals surface area contributed by atoms with Crippen molar-refractivity contribution < 1.29 is 33.7 Å².